The Labute approximate surface area is 120 Å². The number of aromatic amines is 1. The molecule has 4 atom stereocenters. The third-order valence-corrected chi connectivity index (χ3v) is 6.49. The second kappa shape index (κ2) is 5.14. The third-order valence-electron chi connectivity index (χ3n) is 3.72. The molecule has 4 N–H and O–H groups in total. The van der Waals surface area contributed by atoms with Crippen LogP contribution in [0.3, 0.4) is 0 Å². The number of H-pyrrole nitrogens is 1. The zero-order valence-electron chi connectivity index (χ0n) is 12.0. The van der Waals surface area contributed by atoms with E-state index in [-0.39, 0.29) is 0 Å². The van der Waals surface area contributed by atoms with Gasteiger partial charge in [0.1, 0.15) is 32.6 Å². The van der Waals surface area contributed by atoms with Crippen molar-refractivity contribution in [1.82, 2.24) is 14.8 Å². The fourth-order valence-electron chi connectivity index (χ4n) is 2.65. The van der Waals surface area contributed by atoms with E-state index in [9.17, 15) is 24.9 Å². The highest BCUT2D eigenvalue weighted by Crippen LogP contribution is 2.41. The standard InChI is InChI=1S/C11H19N3O6Si/c1-21(2,3)11(9(18)8(17)6(5-15)20-11)14-10(19)13-7(16)4-12-14/h4,6,8-9,15,17-18H,5H2,1-3H3,(H,13,16,19)/t6-,8-,9-,11+/m1/s1. The maximum Gasteiger partial charge on any atom is 0.347 e. The molecule has 9 nitrogen and oxygen atoms in total. The first kappa shape index (κ1) is 16.0. The molecule has 1 saturated heterocycles. The first-order chi connectivity index (χ1) is 9.65. The van der Waals surface area contributed by atoms with Crippen molar-refractivity contribution in [3.05, 3.63) is 27.0 Å². The molecule has 118 valence electrons. The molecule has 21 heavy (non-hydrogen) atoms. The predicted molar refractivity (Wildman–Crippen MR) is 74.4 cm³/mol. The van der Waals surface area contributed by atoms with Gasteiger partial charge in [-0.15, -0.1) is 0 Å². The fourth-order valence-corrected chi connectivity index (χ4v) is 5.01. The number of aromatic nitrogens is 3. The summed E-state index contributed by atoms with van der Waals surface area (Å²) in [7, 11) is -2.49. The Bertz CT molecular complexity index is 638. The van der Waals surface area contributed by atoms with Gasteiger partial charge < -0.3 is 20.1 Å². The molecule has 2 rings (SSSR count). The Balaban J connectivity index is 2.71. The van der Waals surface area contributed by atoms with Gasteiger partial charge >= 0.3 is 5.69 Å². The molecule has 0 aromatic carbocycles. The van der Waals surface area contributed by atoms with Crippen LogP contribution in [0.1, 0.15) is 0 Å². The van der Waals surface area contributed by atoms with Crippen molar-refractivity contribution in [3.63, 3.8) is 0 Å². The minimum atomic E-state index is -2.49. The minimum Gasteiger partial charge on any atom is -0.394 e. The van der Waals surface area contributed by atoms with Gasteiger partial charge in [0.05, 0.1) is 6.61 Å². The summed E-state index contributed by atoms with van der Waals surface area (Å²) in [6.07, 6.45) is -2.94. The van der Waals surface area contributed by atoms with E-state index < -0.39 is 49.6 Å². The molecule has 0 unspecified atom stereocenters. The number of rotatable bonds is 3. The second-order valence-electron chi connectivity index (χ2n) is 6.07. The Morgan fingerprint density at radius 3 is 2.48 bits per heavy atom. The third kappa shape index (κ3) is 2.28. The quantitative estimate of drug-likeness (QED) is 0.455. The molecule has 0 saturated carbocycles. The maximum absolute atomic E-state index is 12.1. The molecule has 2 heterocycles. The average Bonchev–Trinajstić information content (AvgIpc) is 2.63. The van der Waals surface area contributed by atoms with Crippen LogP contribution in [0.4, 0.5) is 0 Å². The molecule has 0 aliphatic carbocycles. The van der Waals surface area contributed by atoms with Gasteiger partial charge in [-0.25, -0.2) is 4.79 Å². The zero-order valence-corrected chi connectivity index (χ0v) is 13.0. The van der Waals surface area contributed by atoms with Crippen molar-refractivity contribution >= 4 is 8.07 Å². The summed E-state index contributed by atoms with van der Waals surface area (Å²) in [5.41, 5.74) is -1.51. The molecule has 10 heteroatoms. The predicted octanol–water partition coefficient (Wildman–Crippen LogP) is -2.43. The summed E-state index contributed by atoms with van der Waals surface area (Å²) in [4.78, 5) is 25.3. The summed E-state index contributed by atoms with van der Waals surface area (Å²) in [6.45, 7) is 4.95. The van der Waals surface area contributed by atoms with Gasteiger partial charge in [0.25, 0.3) is 5.56 Å². The van der Waals surface area contributed by atoms with Crippen molar-refractivity contribution in [2.24, 2.45) is 0 Å². The van der Waals surface area contributed by atoms with Crippen LogP contribution in [0, 0.1) is 0 Å². The van der Waals surface area contributed by atoms with Crippen LogP contribution in [0.5, 0.6) is 0 Å². The molecular formula is C11H19N3O6Si. The van der Waals surface area contributed by atoms with Crippen LogP contribution >= 0.6 is 0 Å². The van der Waals surface area contributed by atoms with Crippen LogP contribution in [0.25, 0.3) is 0 Å². The Kier molecular flexibility index (Phi) is 3.93. The number of aliphatic hydroxyl groups excluding tert-OH is 3. The van der Waals surface area contributed by atoms with Gasteiger partial charge in [0.15, 0.2) is 5.35 Å². The SMILES string of the molecule is C[Si](C)(C)[C@@]1(n2ncc(=O)[nH]c2=O)O[C@H](CO)[C@@H](O)[C@H]1O. The number of ether oxygens (including phenoxy) is 1. The van der Waals surface area contributed by atoms with E-state index in [1.165, 1.54) is 0 Å². The first-order valence-corrected chi connectivity index (χ1v) is 9.99. The van der Waals surface area contributed by atoms with E-state index in [4.69, 9.17) is 4.74 Å². The van der Waals surface area contributed by atoms with Crippen LogP contribution in [-0.4, -0.2) is 63.1 Å². The first-order valence-electron chi connectivity index (χ1n) is 6.49. The van der Waals surface area contributed by atoms with Gasteiger partial charge in [0, 0.05) is 0 Å². The largest absolute Gasteiger partial charge is 0.394 e. The van der Waals surface area contributed by atoms with Gasteiger partial charge in [-0.05, 0) is 0 Å². The summed E-state index contributed by atoms with van der Waals surface area (Å²) in [5.74, 6) is 0. The highest BCUT2D eigenvalue weighted by atomic mass is 28.3. The highest BCUT2D eigenvalue weighted by molar-refractivity contribution is 6.78. The molecule has 1 aliphatic rings. The van der Waals surface area contributed by atoms with Gasteiger partial charge in [0.2, 0.25) is 0 Å². The summed E-state index contributed by atoms with van der Waals surface area (Å²) in [5, 5.41) is 31.9. The molecule has 0 bridgehead atoms. The summed E-state index contributed by atoms with van der Waals surface area (Å²) < 4.78 is 6.55. The smallest absolute Gasteiger partial charge is 0.347 e. The van der Waals surface area contributed by atoms with Crippen molar-refractivity contribution in [1.29, 1.82) is 0 Å². The Hall–Kier alpha value is -1.33. The van der Waals surface area contributed by atoms with E-state index in [1.807, 2.05) is 19.6 Å². The van der Waals surface area contributed by atoms with Crippen molar-refractivity contribution in [2.75, 3.05) is 6.61 Å². The van der Waals surface area contributed by atoms with Crippen LogP contribution in [-0.2, 0) is 10.1 Å². The summed E-state index contributed by atoms with van der Waals surface area (Å²) in [6, 6.07) is 0. The van der Waals surface area contributed by atoms with Crippen LogP contribution < -0.4 is 11.2 Å². The van der Waals surface area contributed by atoms with E-state index in [0.717, 1.165) is 10.9 Å². The van der Waals surface area contributed by atoms with Crippen molar-refractivity contribution in [2.45, 2.75) is 43.3 Å². The Morgan fingerprint density at radius 2 is 2.05 bits per heavy atom. The molecule has 1 fully saturated rings. The lowest BCUT2D eigenvalue weighted by Crippen LogP contribution is -2.65. The summed E-state index contributed by atoms with van der Waals surface area (Å²) >= 11 is 0. The Morgan fingerprint density at radius 1 is 1.43 bits per heavy atom. The molecular weight excluding hydrogens is 298 g/mol. The average molecular weight is 317 g/mol. The van der Waals surface area contributed by atoms with Crippen LogP contribution in [0.2, 0.25) is 19.6 Å². The lowest BCUT2D eigenvalue weighted by Gasteiger charge is -2.41. The lowest BCUT2D eigenvalue weighted by molar-refractivity contribution is -0.105. The van der Waals surface area contributed by atoms with Gasteiger partial charge in [-0.2, -0.15) is 9.78 Å². The van der Waals surface area contributed by atoms with Gasteiger partial charge in [-0.1, -0.05) is 19.6 Å². The lowest BCUT2D eigenvalue weighted by atomic mass is 10.1. The fraction of sp³-hybridized carbons (Fsp3) is 0.727. The number of nitrogens with one attached hydrogen (secondary N) is 1. The normalized spacial score (nSPS) is 33.3. The minimum absolute atomic E-state index is 0.511. The molecule has 1 aromatic heterocycles. The van der Waals surface area contributed by atoms with Gasteiger partial charge in [-0.3, -0.25) is 9.78 Å². The van der Waals surface area contributed by atoms with E-state index in [2.05, 4.69) is 10.1 Å². The second-order valence-corrected chi connectivity index (χ2v) is 11.3. The van der Waals surface area contributed by atoms with E-state index >= 15 is 0 Å². The zero-order chi connectivity index (χ0) is 16.0. The molecule has 0 radical (unpaired) electrons. The highest BCUT2D eigenvalue weighted by Gasteiger charge is 2.63. The number of nitrogens with zero attached hydrogens (tertiary/aromatic N) is 2. The number of hydrogen-bond acceptors (Lipinski definition) is 7. The number of hydrogen-bond donors (Lipinski definition) is 4. The monoisotopic (exact) mass is 317 g/mol. The van der Waals surface area contributed by atoms with Crippen molar-refractivity contribution in [3.8, 4) is 0 Å². The maximum atomic E-state index is 12.1. The molecule has 0 amide bonds. The number of aliphatic hydroxyl groups is 3. The molecule has 0 spiro atoms. The van der Waals surface area contributed by atoms with E-state index in [0.29, 0.717) is 0 Å². The topological polar surface area (TPSA) is 138 Å². The van der Waals surface area contributed by atoms with Crippen molar-refractivity contribution < 1.29 is 20.1 Å². The molecule has 1 aromatic rings. The van der Waals surface area contributed by atoms with E-state index in [1.54, 1.807) is 0 Å². The molecule has 1 aliphatic heterocycles. The van der Waals surface area contributed by atoms with Crippen LogP contribution in [0.15, 0.2) is 15.8 Å².